The largest absolute Gasteiger partial charge is 0.371 e. The standard InChI is InChI=1S/C13H17F2N3/c1-16-12-10(14)5-11(15)13(17-12)18-6-8-3-2-4-9(8)7-18/h5,8-9H,2-4,6-7H2,1H3,(H,16,17). The Morgan fingerprint density at radius 3 is 2.50 bits per heavy atom. The smallest absolute Gasteiger partial charge is 0.168 e. The lowest BCUT2D eigenvalue weighted by Crippen LogP contribution is -2.23. The Morgan fingerprint density at radius 1 is 1.22 bits per heavy atom. The minimum Gasteiger partial charge on any atom is -0.371 e. The van der Waals surface area contributed by atoms with Crippen LogP contribution in [0.15, 0.2) is 6.07 Å². The molecular formula is C13H17F2N3. The summed E-state index contributed by atoms with van der Waals surface area (Å²) < 4.78 is 27.2. The van der Waals surface area contributed by atoms with Gasteiger partial charge in [0.15, 0.2) is 23.3 Å². The molecule has 1 saturated heterocycles. The van der Waals surface area contributed by atoms with Crippen molar-refractivity contribution in [2.45, 2.75) is 19.3 Å². The van der Waals surface area contributed by atoms with Gasteiger partial charge in [-0.15, -0.1) is 0 Å². The molecule has 2 unspecified atom stereocenters. The monoisotopic (exact) mass is 253 g/mol. The van der Waals surface area contributed by atoms with Crippen LogP contribution in [0.25, 0.3) is 0 Å². The molecule has 3 rings (SSSR count). The van der Waals surface area contributed by atoms with Crippen LogP contribution in [0.1, 0.15) is 19.3 Å². The topological polar surface area (TPSA) is 28.2 Å². The van der Waals surface area contributed by atoms with Gasteiger partial charge in [0.05, 0.1) is 0 Å². The highest BCUT2D eigenvalue weighted by molar-refractivity contribution is 5.50. The first-order valence-corrected chi connectivity index (χ1v) is 6.47. The van der Waals surface area contributed by atoms with E-state index in [0.717, 1.165) is 19.2 Å². The molecule has 1 aromatic heterocycles. The van der Waals surface area contributed by atoms with E-state index in [1.165, 1.54) is 19.3 Å². The Morgan fingerprint density at radius 2 is 1.89 bits per heavy atom. The fourth-order valence-corrected chi connectivity index (χ4v) is 3.26. The summed E-state index contributed by atoms with van der Waals surface area (Å²) in [5.41, 5.74) is 0. The van der Waals surface area contributed by atoms with Crippen LogP contribution in [0.5, 0.6) is 0 Å². The molecule has 1 aliphatic carbocycles. The van der Waals surface area contributed by atoms with Crippen molar-refractivity contribution >= 4 is 11.6 Å². The van der Waals surface area contributed by atoms with Crippen molar-refractivity contribution in [2.75, 3.05) is 30.4 Å². The average Bonchev–Trinajstić information content (AvgIpc) is 2.89. The predicted molar refractivity (Wildman–Crippen MR) is 66.7 cm³/mol. The van der Waals surface area contributed by atoms with E-state index in [-0.39, 0.29) is 11.6 Å². The highest BCUT2D eigenvalue weighted by Gasteiger charge is 2.37. The van der Waals surface area contributed by atoms with Gasteiger partial charge in [-0.3, -0.25) is 0 Å². The van der Waals surface area contributed by atoms with Crippen LogP contribution < -0.4 is 10.2 Å². The molecule has 2 fully saturated rings. The molecule has 0 bridgehead atoms. The minimum absolute atomic E-state index is 0.114. The minimum atomic E-state index is -0.641. The Bertz CT molecular complexity index is 452. The zero-order chi connectivity index (χ0) is 12.7. The van der Waals surface area contributed by atoms with Crippen molar-refractivity contribution in [3.05, 3.63) is 17.7 Å². The van der Waals surface area contributed by atoms with Gasteiger partial charge >= 0.3 is 0 Å². The number of nitrogens with one attached hydrogen (secondary N) is 1. The summed E-state index contributed by atoms with van der Waals surface area (Å²) >= 11 is 0. The molecule has 2 aliphatic rings. The van der Waals surface area contributed by atoms with E-state index in [2.05, 4.69) is 10.3 Å². The SMILES string of the molecule is CNc1nc(N2CC3CCCC3C2)c(F)cc1F. The molecule has 0 radical (unpaired) electrons. The lowest BCUT2D eigenvalue weighted by atomic mass is 10.0. The first-order chi connectivity index (χ1) is 8.69. The van der Waals surface area contributed by atoms with Crippen molar-refractivity contribution in [2.24, 2.45) is 11.8 Å². The van der Waals surface area contributed by atoms with Crippen molar-refractivity contribution in [3.63, 3.8) is 0 Å². The summed E-state index contributed by atoms with van der Waals surface area (Å²) in [6, 6.07) is 0.919. The summed E-state index contributed by atoms with van der Waals surface area (Å²) in [7, 11) is 1.59. The van der Waals surface area contributed by atoms with E-state index in [0.29, 0.717) is 11.8 Å². The molecule has 1 aromatic rings. The Labute approximate surface area is 105 Å². The second kappa shape index (κ2) is 4.37. The fraction of sp³-hybridized carbons (Fsp3) is 0.615. The first kappa shape index (κ1) is 11.7. The molecule has 18 heavy (non-hydrogen) atoms. The van der Waals surface area contributed by atoms with E-state index in [1.54, 1.807) is 7.05 Å². The number of anilines is 2. The van der Waals surface area contributed by atoms with Crippen LogP contribution in [0.3, 0.4) is 0 Å². The fourth-order valence-electron chi connectivity index (χ4n) is 3.26. The third-order valence-corrected chi connectivity index (χ3v) is 4.17. The third-order valence-electron chi connectivity index (χ3n) is 4.17. The maximum atomic E-state index is 13.8. The molecule has 2 heterocycles. The van der Waals surface area contributed by atoms with Crippen LogP contribution in [0.4, 0.5) is 20.4 Å². The van der Waals surface area contributed by atoms with E-state index < -0.39 is 11.6 Å². The highest BCUT2D eigenvalue weighted by atomic mass is 19.1. The van der Waals surface area contributed by atoms with Crippen molar-refractivity contribution in [3.8, 4) is 0 Å². The van der Waals surface area contributed by atoms with Crippen molar-refractivity contribution < 1.29 is 8.78 Å². The maximum Gasteiger partial charge on any atom is 0.168 e. The number of rotatable bonds is 2. The van der Waals surface area contributed by atoms with Crippen molar-refractivity contribution in [1.82, 2.24) is 4.98 Å². The maximum absolute atomic E-state index is 13.8. The Hall–Kier alpha value is -1.39. The van der Waals surface area contributed by atoms with E-state index in [9.17, 15) is 8.78 Å². The highest BCUT2D eigenvalue weighted by Crippen LogP contribution is 2.39. The van der Waals surface area contributed by atoms with E-state index in [4.69, 9.17) is 0 Å². The Kier molecular flexibility index (Phi) is 2.84. The van der Waals surface area contributed by atoms with Gasteiger partial charge in [0.25, 0.3) is 0 Å². The van der Waals surface area contributed by atoms with Crippen LogP contribution in [0, 0.1) is 23.5 Å². The lowest BCUT2D eigenvalue weighted by molar-refractivity contribution is 0.494. The van der Waals surface area contributed by atoms with Gasteiger partial charge in [0.1, 0.15) is 0 Å². The number of fused-ring (bicyclic) bond motifs is 1. The summed E-state index contributed by atoms with van der Waals surface area (Å²) in [6.45, 7) is 1.70. The molecule has 2 atom stereocenters. The van der Waals surface area contributed by atoms with Crippen LogP contribution in [0.2, 0.25) is 0 Å². The molecule has 0 aromatic carbocycles. The number of hydrogen-bond donors (Lipinski definition) is 1. The van der Waals surface area contributed by atoms with Gasteiger partial charge in [-0.25, -0.2) is 13.8 Å². The molecule has 98 valence electrons. The van der Waals surface area contributed by atoms with E-state index >= 15 is 0 Å². The number of nitrogens with zero attached hydrogens (tertiary/aromatic N) is 2. The molecule has 1 saturated carbocycles. The zero-order valence-corrected chi connectivity index (χ0v) is 10.4. The van der Waals surface area contributed by atoms with Crippen molar-refractivity contribution in [1.29, 1.82) is 0 Å². The molecule has 0 spiro atoms. The summed E-state index contributed by atoms with van der Waals surface area (Å²) in [6.07, 6.45) is 3.73. The first-order valence-electron chi connectivity index (χ1n) is 6.47. The lowest BCUT2D eigenvalue weighted by Gasteiger charge is -2.19. The van der Waals surface area contributed by atoms with Crippen LogP contribution in [-0.4, -0.2) is 25.1 Å². The zero-order valence-electron chi connectivity index (χ0n) is 10.4. The molecular weight excluding hydrogens is 236 g/mol. The normalized spacial score (nSPS) is 26.5. The van der Waals surface area contributed by atoms with Crippen LogP contribution in [-0.2, 0) is 0 Å². The average molecular weight is 253 g/mol. The number of aromatic nitrogens is 1. The van der Waals surface area contributed by atoms with Gasteiger partial charge < -0.3 is 10.2 Å². The van der Waals surface area contributed by atoms with Gasteiger partial charge in [-0.1, -0.05) is 6.42 Å². The van der Waals surface area contributed by atoms with Gasteiger partial charge in [-0.2, -0.15) is 0 Å². The van der Waals surface area contributed by atoms with Gasteiger partial charge in [-0.05, 0) is 24.7 Å². The summed E-state index contributed by atoms with van der Waals surface area (Å²) in [4.78, 5) is 6.03. The summed E-state index contributed by atoms with van der Waals surface area (Å²) in [5, 5.41) is 2.66. The number of hydrogen-bond acceptors (Lipinski definition) is 3. The van der Waals surface area contributed by atoms with Crippen LogP contribution >= 0.6 is 0 Å². The summed E-state index contributed by atoms with van der Waals surface area (Å²) in [5.74, 6) is 0.520. The second-order valence-corrected chi connectivity index (χ2v) is 5.23. The number of pyridine rings is 1. The second-order valence-electron chi connectivity index (χ2n) is 5.23. The number of halogens is 2. The van der Waals surface area contributed by atoms with Gasteiger partial charge in [0.2, 0.25) is 0 Å². The van der Waals surface area contributed by atoms with E-state index in [1.807, 2.05) is 4.90 Å². The third kappa shape index (κ3) is 1.82. The molecule has 1 N–H and O–H groups in total. The molecule has 0 amide bonds. The quantitative estimate of drug-likeness (QED) is 0.878. The predicted octanol–water partition coefficient (Wildman–Crippen LogP) is 2.64. The molecule has 3 nitrogen and oxygen atoms in total. The molecule has 5 heteroatoms. The molecule has 1 aliphatic heterocycles. The van der Waals surface area contributed by atoms with Gasteiger partial charge in [0, 0.05) is 26.2 Å². The Balaban J connectivity index is 1.88.